The van der Waals surface area contributed by atoms with E-state index in [1.165, 1.54) is 0 Å². The van der Waals surface area contributed by atoms with Crippen LogP contribution in [0.4, 0.5) is 10.6 Å². The van der Waals surface area contributed by atoms with Crippen molar-refractivity contribution in [2.24, 2.45) is 0 Å². The Hall–Kier alpha value is -2.38. The molecule has 0 aliphatic carbocycles. The molecule has 8 nitrogen and oxygen atoms in total. The number of piperidine rings is 1. The van der Waals surface area contributed by atoms with Gasteiger partial charge in [-0.05, 0) is 25.3 Å². The molecule has 3 heterocycles. The van der Waals surface area contributed by atoms with E-state index in [2.05, 4.69) is 32.7 Å². The number of rotatable bonds is 4. The van der Waals surface area contributed by atoms with Crippen LogP contribution in [0.15, 0.2) is 18.5 Å². The fourth-order valence-electron chi connectivity index (χ4n) is 2.79. The summed E-state index contributed by atoms with van der Waals surface area (Å²) in [5, 5.41) is 17.8. The Bertz CT molecular complexity index is 606. The topological polar surface area (TPSA) is 91.7 Å². The van der Waals surface area contributed by atoms with Crippen LogP contribution in [0.2, 0.25) is 0 Å². The number of H-pyrrole nitrogens is 1. The highest BCUT2D eigenvalue weighted by atomic mass is 16.2. The fourth-order valence-corrected chi connectivity index (χ4v) is 2.79. The highest BCUT2D eigenvalue weighted by Crippen LogP contribution is 2.25. The third-order valence-electron chi connectivity index (χ3n) is 3.90. The molecule has 2 amide bonds. The molecule has 0 saturated carbocycles. The molecule has 1 saturated heterocycles. The van der Waals surface area contributed by atoms with Crippen LogP contribution in [0.1, 0.15) is 37.8 Å². The Kier molecular flexibility index (Phi) is 4.36. The molecule has 1 atom stereocenters. The zero-order chi connectivity index (χ0) is 15.4. The van der Waals surface area contributed by atoms with Crippen LogP contribution in [0.3, 0.4) is 0 Å². The third-order valence-corrected chi connectivity index (χ3v) is 3.90. The number of aryl methyl sites for hydroxylation is 1. The molecule has 22 heavy (non-hydrogen) atoms. The monoisotopic (exact) mass is 303 g/mol. The first-order valence-electron chi connectivity index (χ1n) is 7.71. The zero-order valence-electron chi connectivity index (χ0n) is 12.7. The summed E-state index contributed by atoms with van der Waals surface area (Å²) in [7, 11) is 0. The van der Waals surface area contributed by atoms with Crippen molar-refractivity contribution in [2.45, 2.75) is 38.6 Å². The summed E-state index contributed by atoms with van der Waals surface area (Å²) < 4.78 is 1.74. The van der Waals surface area contributed by atoms with Crippen molar-refractivity contribution in [1.29, 1.82) is 0 Å². The van der Waals surface area contributed by atoms with Crippen LogP contribution in [0, 0.1) is 0 Å². The van der Waals surface area contributed by atoms with Crippen molar-refractivity contribution in [3.63, 3.8) is 0 Å². The summed E-state index contributed by atoms with van der Waals surface area (Å²) in [5.41, 5.74) is 1.09. The van der Waals surface area contributed by atoms with E-state index < -0.39 is 0 Å². The summed E-state index contributed by atoms with van der Waals surface area (Å²) in [6, 6.07) is 1.86. The Morgan fingerprint density at radius 3 is 3.23 bits per heavy atom. The number of hydrogen-bond acceptors (Lipinski definition) is 4. The van der Waals surface area contributed by atoms with Gasteiger partial charge in [-0.1, -0.05) is 12.1 Å². The summed E-state index contributed by atoms with van der Waals surface area (Å²) in [4.78, 5) is 14.2. The largest absolute Gasteiger partial charge is 0.324 e. The number of aromatic amines is 1. The molecule has 1 unspecified atom stereocenters. The Balaban J connectivity index is 1.59. The molecule has 0 aromatic carbocycles. The average Bonchev–Trinajstić information content (AvgIpc) is 3.20. The Labute approximate surface area is 128 Å². The number of amides is 2. The van der Waals surface area contributed by atoms with Gasteiger partial charge in [0.05, 0.1) is 6.20 Å². The minimum atomic E-state index is -0.118. The summed E-state index contributed by atoms with van der Waals surface area (Å²) in [6.07, 6.45) is 6.55. The minimum absolute atomic E-state index is 0.118. The van der Waals surface area contributed by atoms with Gasteiger partial charge in [0, 0.05) is 37.4 Å². The van der Waals surface area contributed by atoms with Crippen molar-refractivity contribution >= 4 is 11.8 Å². The van der Waals surface area contributed by atoms with E-state index in [4.69, 9.17) is 0 Å². The summed E-state index contributed by atoms with van der Waals surface area (Å²) in [5.74, 6) is 0.819. The van der Waals surface area contributed by atoms with Crippen molar-refractivity contribution < 1.29 is 4.79 Å². The predicted molar refractivity (Wildman–Crippen MR) is 81.5 cm³/mol. The van der Waals surface area contributed by atoms with E-state index in [1.54, 1.807) is 17.1 Å². The van der Waals surface area contributed by atoms with Crippen LogP contribution in [0.5, 0.6) is 0 Å². The van der Waals surface area contributed by atoms with E-state index in [0.717, 1.165) is 38.0 Å². The average molecular weight is 303 g/mol. The van der Waals surface area contributed by atoms with Crippen molar-refractivity contribution in [2.75, 3.05) is 18.4 Å². The first-order valence-corrected chi connectivity index (χ1v) is 7.71. The second-order valence-corrected chi connectivity index (χ2v) is 5.59. The van der Waals surface area contributed by atoms with Crippen LogP contribution in [0.25, 0.3) is 0 Å². The molecule has 8 heteroatoms. The predicted octanol–water partition coefficient (Wildman–Crippen LogP) is 1.82. The standard InChI is InChI=1S/C14H21N7O/c1-2-7-21-10-13(18-19-21)16-14(22)20-8-3-4-11(9-20)12-5-6-15-17-12/h5-6,10-11H,2-4,7-9H2,1H3,(H,15,17)(H,16,22). The lowest BCUT2D eigenvalue weighted by Gasteiger charge is -2.31. The number of anilines is 1. The van der Waals surface area contributed by atoms with Crippen LogP contribution in [-0.2, 0) is 6.54 Å². The quantitative estimate of drug-likeness (QED) is 0.901. The second-order valence-electron chi connectivity index (χ2n) is 5.59. The number of nitrogens with zero attached hydrogens (tertiary/aromatic N) is 5. The van der Waals surface area contributed by atoms with Crippen molar-refractivity contribution in [3.8, 4) is 0 Å². The molecule has 2 aromatic rings. The minimum Gasteiger partial charge on any atom is -0.324 e. The van der Waals surface area contributed by atoms with E-state index in [0.29, 0.717) is 18.3 Å². The number of aromatic nitrogens is 5. The van der Waals surface area contributed by atoms with Crippen LogP contribution in [-0.4, -0.2) is 49.2 Å². The molecule has 0 radical (unpaired) electrons. The molecule has 1 aliphatic heterocycles. The molecule has 1 fully saturated rings. The van der Waals surface area contributed by atoms with Gasteiger partial charge in [0.2, 0.25) is 0 Å². The molecule has 3 rings (SSSR count). The first kappa shape index (κ1) is 14.6. The third kappa shape index (κ3) is 3.26. The molecule has 0 spiro atoms. The van der Waals surface area contributed by atoms with Crippen molar-refractivity contribution in [1.82, 2.24) is 30.1 Å². The lowest BCUT2D eigenvalue weighted by Crippen LogP contribution is -2.41. The molecule has 2 N–H and O–H groups in total. The number of carbonyl (C=O) groups is 1. The van der Waals surface area contributed by atoms with E-state index in [9.17, 15) is 4.79 Å². The van der Waals surface area contributed by atoms with Gasteiger partial charge in [-0.15, -0.1) is 5.10 Å². The lowest BCUT2D eigenvalue weighted by atomic mass is 9.95. The second kappa shape index (κ2) is 6.59. The molecular weight excluding hydrogens is 282 g/mol. The highest BCUT2D eigenvalue weighted by Gasteiger charge is 2.25. The first-order chi connectivity index (χ1) is 10.8. The van der Waals surface area contributed by atoms with Crippen LogP contribution >= 0.6 is 0 Å². The number of likely N-dealkylation sites (tertiary alicyclic amines) is 1. The van der Waals surface area contributed by atoms with Gasteiger partial charge >= 0.3 is 6.03 Å². The van der Waals surface area contributed by atoms with E-state index in [1.807, 2.05) is 11.0 Å². The smallest absolute Gasteiger partial charge is 0.323 e. The maximum Gasteiger partial charge on any atom is 0.323 e. The van der Waals surface area contributed by atoms with E-state index in [-0.39, 0.29) is 6.03 Å². The lowest BCUT2D eigenvalue weighted by molar-refractivity contribution is 0.192. The Morgan fingerprint density at radius 1 is 1.55 bits per heavy atom. The molecule has 1 aliphatic rings. The van der Waals surface area contributed by atoms with Crippen LogP contribution < -0.4 is 5.32 Å². The molecule has 0 bridgehead atoms. The number of carbonyl (C=O) groups excluding carboxylic acids is 1. The van der Waals surface area contributed by atoms with Gasteiger partial charge in [-0.25, -0.2) is 4.79 Å². The zero-order valence-corrected chi connectivity index (χ0v) is 12.7. The van der Waals surface area contributed by atoms with Crippen molar-refractivity contribution in [3.05, 3.63) is 24.2 Å². The van der Waals surface area contributed by atoms with Gasteiger partial charge in [0.25, 0.3) is 0 Å². The maximum absolute atomic E-state index is 12.4. The molecular formula is C14H21N7O. The summed E-state index contributed by atoms with van der Waals surface area (Å²) in [6.45, 7) is 4.33. The van der Waals surface area contributed by atoms with Gasteiger partial charge in [-0.3, -0.25) is 15.1 Å². The fraction of sp³-hybridized carbons (Fsp3) is 0.571. The van der Waals surface area contributed by atoms with Gasteiger partial charge < -0.3 is 4.90 Å². The molecule has 2 aromatic heterocycles. The SMILES string of the molecule is CCCn1cc(NC(=O)N2CCCC(c3ccn[nH]3)C2)nn1. The number of nitrogens with one attached hydrogen (secondary N) is 2. The summed E-state index contributed by atoms with van der Waals surface area (Å²) >= 11 is 0. The number of urea groups is 1. The Morgan fingerprint density at radius 2 is 2.45 bits per heavy atom. The molecule has 118 valence electrons. The number of hydrogen-bond donors (Lipinski definition) is 2. The normalized spacial score (nSPS) is 18.4. The van der Waals surface area contributed by atoms with E-state index >= 15 is 0 Å². The maximum atomic E-state index is 12.4. The van der Waals surface area contributed by atoms with Gasteiger partial charge in [0.1, 0.15) is 0 Å². The van der Waals surface area contributed by atoms with Gasteiger partial charge in [0.15, 0.2) is 5.82 Å². The highest BCUT2D eigenvalue weighted by molar-refractivity contribution is 5.88. The van der Waals surface area contributed by atoms with Gasteiger partial charge in [-0.2, -0.15) is 5.10 Å².